The molecule has 1 N–H and O–H groups in total. The molecule has 2 amide bonds. The topological polar surface area (TPSA) is 49.4 Å². The van der Waals surface area contributed by atoms with Crippen LogP contribution in [0.5, 0.6) is 0 Å². The molecule has 0 aliphatic carbocycles. The minimum absolute atomic E-state index is 0.0203. The van der Waals surface area contributed by atoms with Crippen molar-refractivity contribution in [2.75, 3.05) is 7.05 Å². The van der Waals surface area contributed by atoms with Gasteiger partial charge in [-0.1, -0.05) is 30.7 Å². The van der Waals surface area contributed by atoms with E-state index in [1.165, 1.54) is 11.9 Å². The van der Waals surface area contributed by atoms with Gasteiger partial charge in [0.05, 0.1) is 12.5 Å². The van der Waals surface area contributed by atoms with Gasteiger partial charge in [-0.15, -0.1) is 0 Å². The molecule has 4 nitrogen and oxygen atoms in total. The number of carbonyl (C=O) groups excluding carboxylic acids is 2. The summed E-state index contributed by atoms with van der Waals surface area (Å²) in [5.41, 5.74) is 1.03. The first-order valence-corrected chi connectivity index (χ1v) is 6.72. The maximum absolute atomic E-state index is 11.9. The fourth-order valence-electron chi connectivity index (χ4n) is 2.30. The molecule has 1 fully saturated rings. The average Bonchev–Trinajstić information content (AvgIpc) is 2.63. The van der Waals surface area contributed by atoms with E-state index in [2.05, 4.69) is 5.32 Å². The summed E-state index contributed by atoms with van der Waals surface area (Å²) in [6.07, 6.45) is 1.05. The number of nitrogens with zero attached hydrogens (tertiary/aromatic N) is 1. The van der Waals surface area contributed by atoms with Crippen LogP contribution in [0.1, 0.15) is 31.4 Å². The Morgan fingerprint density at radius 2 is 2.21 bits per heavy atom. The first kappa shape index (κ1) is 14.0. The van der Waals surface area contributed by atoms with E-state index in [0.29, 0.717) is 5.02 Å². The SMILES string of the molecule is CCC(NC1CC(=O)N(C)C1=O)c1cccc(Cl)c1. The summed E-state index contributed by atoms with van der Waals surface area (Å²) in [7, 11) is 1.52. The minimum Gasteiger partial charge on any atom is -0.299 e. The highest BCUT2D eigenvalue weighted by Gasteiger charge is 2.36. The Kier molecular flexibility index (Phi) is 4.22. The predicted molar refractivity (Wildman–Crippen MR) is 73.8 cm³/mol. The van der Waals surface area contributed by atoms with Gasteiger partial charge >= 0.3 is 0 Å². The molecule has 1 heterocycles. The van der Waals surface area contributed by atoms with Crippen LogP contribution in [0, 0.1) is 0 Å². The Morgan fingerprint density at radius 3 is 2.74 bits per heavy atom. The molecule has 2 atom stereocenters. The van der Waals surface area contributed by atoms with Gasteiger partial charge < -0.3 is 0 Å². The summed E-state index contributed by atoms with van der Waals surface area (Å²) in [6.45, 7) is 2.03. The molecule has 1 saturated heterocycles. The molecule has 0 aromatic heterocycles. The maximum Gasteiger partial charge on any atom is 0.246 e. The zero-order valence-electron chi connectivity index (χ0n) is 11.0. The number of benzene rings is 1. The third kappa shape index (κ3) is 2.96. The second kappa shape index (κ2) is 5.72. The second-order valence-electron chi connectivity index (χ2n) is 4.73. The number of rotatable bonds is 4. The minimum atomic E-state index is -0.429. The van der Waals surface area contributed by atoms with Crippen molar-refractivity contribution in [2.24, 2.45) is 0 Å². The summed E-state index contributed by atoms with van der Waals surface area (Å²) < 4.78 is 0. The molecule has 19 heavy (non-hydrogen) atoms. The van der Waals surface area contributed by atoms with E-state index in [4.69, 9.17) is 11.6 Å². The third-order valence-corrected chi connectivity index (χ3v) is 3.68. The van der Waals surface area contributed by atoms with Gasteiger partial charge in [0, 0.05) is 18.1 Å². The van der Waals surface area contributed by atoms with Crippen molar-refractivity contribution in [3.8, 4) is 0 Å². The van der Waals surface area contributed by atoms with Gasteiger partial charge in [0.25, 0.3) is 0 Å². The molecule has 5 heteroatoms. The van der Waals surface area contributed by atoms with Gasteiger partial charge in [-0.2, -0.15) is 0 Å². The molecule has 1 aliphatic rings. The van der Waals surface area contributed by atoms with Crippen LogP contribution < -0.4 is 5.32 Å². The van der Waals surface area contributed by atoms with Crippen LogP contribution in [0.3, 0.4) is 0 Å². The Hall–Kier alpha value is -1.39. The van der Waals surface area contributed by atoms with E-state index in [-0.39, 0.29) is 24.3 Å². The van der Waals surface area contributed by atoms with E-state index in [1.807, 2.05) is 31.2 Å². The molecule has 2 unspecified atom stereocenters. The molecule has 1 aliphatic heterocycles. The van der Waals surface area contributed by atoms with Gasteiger partial charge in [-0.25, -0.2) is 0 Å². The molecule has 0 radical (unpaired) electrons. The highest BCUT2D eigenvalue weighted by Crippen LogP contribution is 2.23. The van der Waals surface area contributed by atoms with E-state index in [9.17, 15) is 9.59 Å². The van der Waals surface area contributed by atoms with E-state index < -0.39 is 6.04 Å². The lowest BCUT2D eigenvalue weighted by Gasteiger charge is -2.21. The monoisotopic (exact) mass is 280 g/mol. The van der Waals surface area contributed by atoms with Crippen LogP contribution in [0.4, 0.5) is 0 Å². The zero-order chi connectivity index (χ0) is 14.0. The van der Waals surface area contributed by atoms with Crippen molar-refractivity contribution >= 4 is 23.4 Å². The average molecular weight is 281 g/mol. The van der Waals surface area contributed by atoms with Crippen molar-refractivity contribution in [1.82, 2.24) is 10.2 Å². The first-order chi connectivity index (χ1) is 9.02. The highest BCUT2D eigenvalue weighted by atomic mass is 35.5. The van der Waals surface area contributed by atoms with Gasteiger partial charge in [0.2, 0.25) is 11.8 Å². The Labute approximate surface area is 117 Å². The number of likely N-dealkylation sites (N-methyl/N-ethyl adjacent to an activating group) is 1. The molecular formula is C14H17ClN2O2. The lowest BCUT2D eigenvalue weighted by Crippen LogP contribution is -2.39. The first-order valence-electron chi connectivity index (χ1n) is 6.34. The normalized spacial score (nSPS) is 21.0. The van der Waals surface area contributed by atoms with E-state index in [1.54, 1.807) is 0 Å². The Bertz CT molecular complexity index is 504. The quantitative estimate of drug-likeness (QED) is 0.860. The van der Waals surface area contributed by atoms with E-state index >= 15 is 0 Å². The van der Waals surface area contributed by atoms with Gasteiger partial charge in [0.15, 0.2) is 0 Å². The molecule has 0 saturated carbocycles. The number of imide groups is 1. The number of nitrogens with one attached hydrogen (secondary N) is 1. The number of likely N-dealkylation sites (tertiary alicyclic amines) is 1. The third-order valence-electron chi connectivity index (χ3n) is 3.44. The van der Waals surface area contributed by atoms with Crippen LogP contribution in [-0.2, 0) is 9.59 Å². The lowest BCUT2D eigenvalue weighted by atomic mass is 10.0. The maximum atomic E-state index is 11.9. The molecule has 1 aromatic carbocycles. The van der Waals surface area contributed by atoms with Crippen LogP contribution >= 0.6 is 11.6 Å². The number of hydrogen-bond donors (Lipinski definition) is 1. The summed E-state index contributed by atoms with van der Waals surface area (Å²) in [4.78, 5) is 24.6. The van der Waals surface area contributed by atoms with Gasteiger partial charge in [-0.3, -0.25) is 19.8 Å². The van der Waals surface area contributed by atoms with Crippen LogP contribution in [0.15, 0.2) is 24.3 Å². The van der Waals surface area contributed by atoms with Gasteiger partial charge in [0.1, 0.15) is 0 Å². The fourth-order valence-corrected chi connectivity index (χ4v) is 2.50. The number of hydrogen-bond acceptors (Lipinski definition) is 3. The van der Waals surface area contributed by atoms with Gasteiger partial charge in [-0.05, 0) is 24.1 Å². The predicted octanol–water partition coefficient (Wildman–Crippen LogP) is 2.14. The molecule has 0 spiro atoms. The zero-order valence-corrected chi connectivity index (χ0v) is 11.8. The molecular weight excluding hydrogens is 264 g/mol. The Balaban J connectivity index is 2.12. The van der Waals surface area contributed by atoms with Crippen LogP contribution in [0.2, 0.25) is 5.02 Å². The number of halogens is 1. The van der Waals surface area contributed by atoms with Crippen molar-refractivity contribution < 1.29 is 9.59 Å². The lowest BCUT2D eigenvalue weighted by molar-refractivity contribution is -0.137. The molecule has 2 rings (SSSR count). The standard InChI is InChI=1S/C14H17ClN2O2/c1-3-11(9-5-4-6-10(15)7-9)16-12-8-13(18)17(2)14(12)19/h4-7,11-12,16H,3,8H2,1-2H3. The molecule has 102 valence electrons. The Morgan fingerprint density at radius 1 is 1.47 bits per heavy atom. The molecule has 0 bridgehead atoms. The summed E-state index contributed by atoms with van der Waals surface area (Å²) in [5, 5.41) is 3.92. The van der Waals surface area contributed by atoms with Crippen molar-refractivity contribution in [2.45, 2.75) is 31.8 Å². The molecule has 1 aromatic rings. The van der Waals surface area contributed by atoms with Crippen LogP contribution in [0.25, 0.3) is 0 Å². The fraction of sp³-hybridized carbons (Fsp3) is 0.429. The number of amides is 2. The van der Waals surface area contributed by atoms with Crippen molar-refractivity contribution in [1.29, 1.82) is 0 Å². The van der Waals surface area contributed by atoms with Crippen molar-refractivity contribution in [3.63, 3.8) is 0 Å². The van der Waals surface area contributed by atoms with Crippen molar-refractivity contribution in [3.05, 3.63) is 34.9 Å². The summed E-state index contributed by atoms with van der Waals surface area (Å²) >= 11 is 5.98. The smallest absolute Gasteiger partial charge is 0.246 e. The number of carbonyl (C=O) groups is 2. The summed E-state index contributed by atoms with van der Waals surface area (Å²) in [5.74, 6) is -0.297. The highest BCUT2D eigenvalue weighted by molar-refractivity contribution is 6.30. The van der Waals surface area contributed by atoms with Crippen LogP contribution in [-0.4, -0.2) is 29.8 Å². The summed E-state index contributed by atoms with van der Waals surface area (Å²) in [6, 6.07) is 7.14. The second-order valence-corrected chi connectivity index (χ2v) is 5.17. The largest absolute Gasteiger partial charge is 0.299 e. The van der Waals surface area contributed by atoms with E-state index in [0.717, 1.165) is 12.0 Å².